The normalized spacial score (nSPS) is 15.7. The fourth-order valence-corrected chi connectivity index (χ4v) is 4.70. The molecule has 4 N–H and O–H groups in total. The zero-order valence-corrected chi connectivity index (χ0v) is 23.4. The van der Waals surface area contributed by atoms with Gasteiger partial charge in [-0.05, 0) is 47.7 Å². The van der Waals surface area contributed by atoms with Crippen molar-refractivity contribution in [1.82, 2.24) is 21.3 Å². The number of carbonyl (C=O) groups is 5. The lowest BCUT2D eigenvalue weighted by Gasteiger charge is -2.24. The molecule has 9 nitrogen and oxygen atoms in total. The van der Waals surface area contributed by atoms with E-state index in [-0.39, 0.29) is 25.3 Å². The first-order valence-corrected chi connectivity index (χ1v) is 14.0. The molecule has 0 radical (unpaired) electrons. The van der Waals surface area contributed by atoms with Gasteiger partial charge >= 0.3 is 0 Å². The third-order valence-electron chi connectivity index (χ3n) is 7.05. The molecule has 43 heavy (non-hydrogen) atoms. The molecule has 4 amide bonds. The minimum atomic E-state index is -1.32. The van der Waals surface area contributed by atoms with Gasteiger partial charge in [-0.2, -0.15) is 0 Å². The van der Waals surface area contributed by atoms with Crippen molar-refractivity contribution in [2.24, 2.45) is 5.92 Å². The predicted molar refractivity (Wildman–Crippen MR) is 158 cm³/mol. The minimum Gasteiger partial charge on any atom is -0.356 e. The number of halogens is 1. The Kier molecular flexibility index (Phi) is 10.9. The van der Waals surface area contributed by atoms with Crippen molar-refractivity contribution < 1.29 is 28.4 Å². The number of rotatable bonds is 13. The molecule has 3 atom stereocenters. The number of hydrogen-bond acceptors (Lipinski definition) is 5. The molecule has 0 spiro atoms. The maximum atomic E-state index is 13.6. The van der Waals surface area contributed by atoms with Crippen molar-refractivity contribution in [1.29, 1.82) is 0 Å². The number of benzene rings is 3. The first-order chi connectivity index (χ1) is 20.8. The molecule has 3 aromatic carbocycles. The molecule has 0 saturated carbocycles. The van der Waals surface area contributed by atoms with Crippen LogP contribution in [0.5, 0.6) is 0 Å². The number of Topliss-reactive ketones (excluding diaryl/α,β-unsaturated/α-hetero) is 1. The highest BCUT2D eigenvalue weighted by atomic mass is 19.1. The lowest BCUT2D eigenvalue weighted by molar-refractivity contribution is -0.141. The van der Waals surface area contributed by atoms with Gasteiger partial charge in [0.15, 0.2) is 0 Å². The molecule has 0 aromatic heterocycles. The summed E-state index contributed by atoms with van der Waals surface area (Å²) in [6, 6.07) is 21.1. The molecule has 222 valence electrons. The van der Waals surface area contributed by atoms with Crippen LogP contribution in [0.4, 0.5) is 4.39 Å². The van der Waals surface area contributed by atoms with E-state index in [2.05, 4.69) is 21.3 Å². The monoisotopic (exact) mass is 584 g/mol. The Labute approximate surface area is 248 Å². The van der Waals surface area contributed by atoms with E-state index in [0.29, 0.717) is 18.5 Å². The summed E-state index contributed by atoms with van der Waals surface area (Å²) in [6.45, 7) is 0.530. The average molecular weight is 585 g/mol. The highest BCUT2D eigenvalue weighted by Crippen LogP contribution is 2.17. The standard InChI is InChI=1S/C33H33FN4O5/c34-26-14-11-23(12-15-26)19-28(37-29(39)16-13-22-7-3-1-4-8-22)32(42)38-27(20-25-17-18-35-31(25)41)30(40)33(43)36-21-24-9-5-2-6-10-24/h1-16,25,27-28H,17-21H2,(H,35,41)(H,36,43)(H,37,39)(H,38,42)/b16-13+/t25-,27-,28-/m0/s1. The maximum Gasteiger partial charge on any atom is 0.289 e. The van der Waals surface area contributed by atoms with Gasteiger partial charge < -0.3 is 21.3 Å². The second-order valence-electron chi connectivity index (χ2n) is 10.2. The molecule has 0 aliphatic carbocycles. The second kappa shape index (κ2) is 15.2. The Morgan fingerprint density at radius 2 is 1.53 bits per heavy atom. The Morgan fingerprint density at radius 3 is 2.19 bits per heavy atom. The SMILES string of the molecule is O=C(/C=C/c1ccccc1)N[C@@H](Cc1ccc(F)cc1)C(=O)N[C@@H](C[C@@H]1CCNC1=O)C(=O)C(=O)NCc1ccccc1. The van der Waals surface area contributed by atoms with Crippen LogP contribution >= 0.6 is 0 Å². The van der Waals surface area contributed by atoms with Gasteiger partial charge in [0.25, 0.3) is 5.91 Å². The van der Waals surface area contributed by atoms with Gasteiger partial charge in [-0.25, -0.2) is 4.39 Å². The topological polar surface area (TPSA) is 133 Å². The highest BCUT2D eigenvalue weighted by Gasteiger charge is 2.35. The van der Waals surface area contributed by atoms with Crippen LogP contribution < -0.4 is 21.3 Å². The van der Waals surface area contributed by atoms with Crippen LogP contribution in [0.3, 0.4) is 0 Å². The number of amides is 4. The Morgan fingerprint density at radius 1 is 0.860 bits per heavy atom. The average Bonchev–Trinajstić information content (AvgIpc) is 3.43. The Balaban J connectivity index is 1.51. The third-order valence-corrected chi connectivity index (χ3v) is 7.05. The summed E-state index contributed by atoms with van der Waals surface area (Å²) >= 11 is 0. The fraction of sp³-hybridized carbons (Fsp3) is 0.242. The summed E-state index contributed by atoms with van der Waals surface area (Å²) in [6.07, 6.45) is 3.22. The second-order valence-corrected chi connectivity index (χ2v) is 10.2. The van der Waals surface area contributed by atoms with Crippen LogP contribution in [0.15, 0.2) is 91.0 Å². The highest BCUT2D eigenvalue weighted by molar-refractivity contribution is 6.38. The van der Waals surface area contributed by atoms with Crippen molar-refractivity contribution >= 4 is 35.5 Å². The molecular weight excluding hydrogens is 551 g/mol. The molecular formula is C33H33FN4O5. The Bertz CT molecular complexity index is 1460. The van der Waals surface area contributed by atoms with Crippen molar-refractivity contribution in [3.8, 4) is 0 Å². The third kappa shape index (κ3) is 9.46. The summed E-state index contributed by atoms with van der Waals surface area (Å²) in [4.78, 5) is 64.9. The van der Waals surface area contributed by atoms with E-state index in [9.17, 15) is 28.4 Å². The smallest absolute Gasteiger partial charge is 0.289 e. The van der Waals surface area contributed by atoms with Crippen molar-refractivity contribution in [3.05, 3.63) is 114 Å². The van der Waals surface area contributed by atoms with Crippen LogP contribution in [0.2, 0.25) is 0 Å². The van der Waals surface area contributed by atoms with Gasteiger partial charge in [0.1, 0.15) is 11.9 Å². The van der Waals surface area contributed by atoms with Crippen LogP contribution in [-0.2, 0) is 36.9 Å². The first-order valence-electron chi connectivity index (χ1n) is 14.0. The molecule has 1 aliphatic rings. The number of hydrogen-bond donors (Lipinski definition) is 4. The van der Waals surface area contributed by atoms with Crippen LogP contribution in [0.25, 0.3) is 6.08 Å². The Hall–Kier alpha value is -5.12. The molecule has 4 rings (SSSR count). The summed E-state index contributed by atoms with van der Waals surface area (Å²) in [7, 11) is 0. The molecule has 1 saturated heterocycles. The number of nitrogens with one attached hydrogen (secondary N) is 4. The van der Waals surface area contributed by atoms with Gasteiger partial charge in [-0.3, -0.25) is 24.0 Å². The van der Waals surface area contributed by atoms with E-state index in [1.807, 2.05) is 36.4 Å². The molecule has 10 heteroatoms. The van der Waals surface area contributed by atoms with Gasteiger partial charge in [-0.15, -0.1) is 0 Å². The van der Waals surface area contributed by atoms with Crippen molar-refractivity contribution in [3.63, 3.8) is 0 Å². The van der Waals surface area contributed by atoms with Gasteiger partial charge in [0.05, 0.1) is 6.04 Å². The van der Waals surface area contributed by atoms with Crippen LogP contribution in [0, 0.1) is 11.7 Å². The molecule has 1 heterocycles. The molecule has 0 bridgehead atoms. The van der Waals surface area contributed by atoms with E-state index in [1.54, 1.807) is 30.3 Å². The zero-order valence-electron chi connectivity index (χ0n) is 23.4. The molecule has 1 fully saturated rings. The summed E-state index contributed by atoms with van der Waals surface area (Å²) in [5.74, 6) is -4.39. The van der Waals surface area contributed by atoms with Gasteiger partial charge in [0, 0.05) is 31.5 Å². The van der Waals surface area contributed by atoms with Crippen molar-refractivity contribution in [2.45, 2.75) is 37.9 Å². The molecule has 3 aromatic rings. The van der Waals surface area contributed by atoms with Gasteiger partial charge in [0.2, 0.25) is 23.5 Å². The maximum absolute atomic E-state index is 13.6. The minimum absolute atomic E-state index is 0.0118. The first kappa shape index (κ1) is 30.8. The largest absolute Gasteiger partial charge is 0.356 e. The van der Waals surface area contributed by atoms with E-state index >= 15 is 0 Å². The molecule has 1 aliphatic heterocycles. The summed E-state index contributed by atoms with van der Waals surface area (Å²) in [5.41, 5.74) is 2.12. The van der Waals surface area contributed by atoms with E-state index < -0.39 is 47.3 Å². The van der Waals surface area contributed by atoms with Crippen LogP contribution in [-0.4, -0.2) is 48.0 Å². The van der Waals surface area contributed by atoms with Crippen molar-refractivity contribution in [2.75, 3.05) is 6.54 Å². The summed E-state index contributed by atoms with van der Waals surface area (Å²) < 4.78 is 13.5. The molecule has 0 unspecified atom stereocenters. The number of ketones is 1. The van der Waals surface area contributed by atoms with E-state index in [0.717, 1.165) is 11.1 Å². The van der Waals surface area contributed by atoms with Crippen LogP contribution in [0.1, 0.15) is 29.5 Å². The van der Waals surface area contributed by atoms with E-state index in [1.165, 1.54) is 30.3 Å². The summed E-state index contributed by atoms with van der Waals surface area (Å²) in [5, 5.41) is 10.5. The lowest BCUT2D eigenvalue weighted by atomic mass is 9.94. The lowest BCUT2D eigenvalue weighted by Crippen LogP contribution is -2.55. The van der Waals surface area contributed by atoms with E-state index in [4.69, 9.17) is 0 Å². The number of carbonyl (C=O) groups excluding carboxylic acids is 5. The fourth-order valence-electron chi connectivity index (χ4n) is 4.70. The zero-order chi connectivity index (χ0) is 30.6. The quantitative estimate of drug-likeness (QED) is 0.181. The predicted octanol–water partition coefficient (Wildman–Crippen LogP) is 2.46. The van der Waals surface area contributed by atoms with Gasteiger partial charge in [-0.1, -0.05) is 72.8 Å².